The number of halogens is 2. The fourth-order valence-corrected chi connectivity index (χ4v) is 2.43. The van der Waals surface area contributed by atoms with Crippen molar-refractivity contribution in [1.82, 2.24) is 0 Å². The van der Waals surface area contributed by atoms with Crippen LogP contribution in [-0.2, 0) is 0 Å². The number of aromatic hydroxyl groups is 3. The van der Waals surface area contributed by atoms with Crippen molar-refractivity contribution in [2.24, 2.45) is 0 Å². The quantitative estimate of drug-likeness (QED) is 0.543. The highest BCUT2D eigenvalue weighted by Crippen LogP contribution is 2.34. The first-order chi connectivity index (χ1) is 8.90. The van der Waals surface area contributed by atoms with Crippen molar-refractivity contribution in [3.05, 3.63) is 50.4 Å². The summed E-state index contributed by atoms with van der Waals surface area (Å²) in [7, 11) is 0. The van der Waals surface area contributed by atoms with Crippen molar-refractivity contribution in [3.63, 3.8) is 0 Å². The van der Waals surface area contributed by atoms with Crippen molar-refractivity contribution in [2.75, 3.05) is 0 Å². The summed E-state index contributed by atoms with van der Waals surface area (Å²) in [6.07, 6.45) is 0. The third-order valence-electron chi connectivity index (χ3n) is 2.51. The van der Waals surface area contributed by atoms with Crippen LogP contribution in [-0.4, -0.2) is 21.1 Å². The smallest absolute Gasteiger partial charge is 0.198 e. The van der Waals surface area contributed by atoms with Crippen LogP contribution in [0.3, 0.4) is 0 Å². The van der Waals surface area contributed by atoms with Crippen LogP contribution in [0.25, 0.3) is 0 Å². The van der Waals surface area contributed by atoms with Crippen LogP contribution in [0.4, 0.5) is 0 Å². The van der Waals surface area contributed by atoms with E-state index in [4.69, 9.17) is 0 Å². The van der Waals surface area contributed by atoms with Crippen LogP contribution in [0.1, 0.15) is 15.9 Å². The highest BCUT2D eigenvalue weighted by atomic mass is 79.9. The van der Waals surface area contributed by atoms with Gasteiger partial charge in [0.1, 0.15) is 5.75 Å². The molecule has 0 unspecified atom stereocenters. The van der Waals surface area contributed by atoms with Crippen LogP contribution in [0.2, 0.25) is 0 Å². The molecule has 0 aliphatic rings. The van der Waals surface area contributed by atoms with E-state index in [-0.39, 0.29) is 22.6 Å². The summed E-state index contributed by atoms with van der Waals surface area (Å²) in [6.45, 7) is 0. The normalized spacial score (nSPS) is 10.4. The molecule has 6 heteroatoms. The maximum absolute atomic E-state index is 12.3. The minimum absolute atomic E-state index is 0.0974. The molecule has 0 heterocycles. The molecule has 0 amide bonds. The van der Waals surface area contributed by atoms with Crippen LogP contribution in [0.5, 0.6) is 17.2 Å². The van der Waals surface area contributed by atoms with E-state index >= 15 is 0 Å². The molecule has 0 aromatic heterocycles. The Morgan fingerprint density at radius 1 is 0.842 bits per heavy atom. The molecular weight excluding hydrogens is 380 g/mol. The lowest BCUT2D eigenvalue weighted by molar-refractivity contribution is 0.103. The van der Waals surface area contributed by atoms with Gasteiger partial charge in [0.15, 0.2) is 17.3 Å². The second kappa shape index (κ2) is 5.22. The molecule has 2 aromatic rings. The summed E-state index contributed by atoms with van der Waals surface area (Å²) in [5.41, 5.74) is 0.240. The summed E-state index contributed by atoms with van der Waals surface area (Å²) in [6, 6.07) is 6.84. The Labute approximate surface area is 125 Å². The number of benzene rings is 2. The van der Waals surface area contributed by atoms with Gasteiger partial charge in [0.25, 0.3) is 0 Å². The van der Waals surface area contributed by atoms with Gasteiger partial charge in [0, 0.05) is 14.5 Å². The largest absolute Gasteiger partial charge is 0.507 e. The van der Waals surface area contributed by atoms with E-state index in [0.29, 0.717) is 8.95 Å². The zero-order valence-corrected chi connectivity index (χ0v) is 12.6. The van der Waals surface area contributed by atoms with Gasteiger partial charge in [-0.15, -0.1) is 0 Å². The maximum Gasteiger partial charge on any atom is 0.198 e. The predicted octanol–water partition coefficient (Wildman–Crippen LogP) is 3.56. The lowest BCUT2D eigenvalue weighted by atomic mass is 10.0. The number of hydrogen-bond acceptors (Lipinski definition) is 4. The molecule has 19 heavy (non-hydrogen) atoms. The Morgan fingerprint density at radius 2 is 1.47 bits per heavy atom. The number of rotatable bonds is 2. The van der Waals surface area contributed by atoms with Crippen LogP contribution in [0.15, 0.2) is 39.3 Å². The summed E-state index contributed by atoms with van der Waals surface area (Å²) in [4.78, 5) is 12.3. The fourth-order valence-electron chi connectivity index (χ4n) is 1.56. The number of carbonyl (C=O) groups is 1. The molecule has 3 N–H and O–H groups in total. The molecule has 0 atom stereocenters. The summed E-state index contributed by atoms with van der Waals surface area (Å²) in [5, 5.41) is 28.5. The van der Waals surface area contributed by atoms with Crippen molar-refractivity contribution >= 4 is 37.6 Å². The van der Waals surface area contributed by atoms with Crippen molar-refractivity contribution in [1.29, 1.82) is 0 Å². The number of phenolic OH excluding ortho intramolecular Hbond substituents is 3. The van der Waals surface area contributed by atoms with Gasteiger partial charge < -0.3 is 15.3 Å². The molecule has 0 aliphatic heterocycles. The first-order valence-corrected chi connectivity index (χ1v) is 6.73. The van der Waals surface area contributed by atoms with Crippen molar-refractivity contribution < 1.29 is 20.1 Å². The van der Waals surface area contributed by atoms with Crippen LogP contribution < -0.4 is 0 Å². The van der Waals surface area contributed by atoms with Gasteiger partial charge in [-0.3, -0.25) is 4.79 Å². The zero-order valence-electron chi connectivity index (χ0n) is 9.39. The lowest BCUT2D eigenvalue weighted by Crippen LogP contribution is -2.03. The molecule has 2 aromatic carbocycles. The standard InChI is InChI=1S/C13H8Br2O4/c14-6-1-2-10(16)8(3-6)13(19)7-4-11(17)12(18)5-9(7)15/h1-5,16-18H. The van der Waals surface area contributed by atoms with E-state index in [2.05, 4.69) is 31.9 Å². The zero-order chi connectivity index (χ0) is 14.2. The minimum atomic E-state index is -0.471. The molecule has 0 fully saturated rings. The Balaban J connectivity index is 2.56. The molecule has 2 rings (SSSR count). The molecular formula is C13H8Br2O4. The van der Waals surface area contributed by atoms with E-state index < -0.39 is 11.5 Å². The second-order valence-corrected chi connectivity index (χ2v) is 5.58. The Hall–Kier alpha value is -1.53. The van der Waals surface area contributed by atoms with E-state index in [1.165, 1.54) is 18.2 Å². The summed E-state index contributed by atoms with van der Waals surface area (Å²) in [5.74, 6) is -1.36. The first-order valence-electron chi connectivity index (χ1n) is 5.15. The lowest BCUT2D eigenvalue weighted by Gasteiger charge is -2.08. The number of carbonyl (C=O) groups excluding carboxylic acids is 1. The third kappa shape index (κ3) is 2.74. The molecule has 98 valence electrons. The fraction of sp³-hybridized carbons (Fsp3) is 0. The molecule has 4 nitrogen and oxygen atoms in total. The Bertz CT molecular complexity index is 668. The molecule has 0 saturated carbocycles. The molecule has 0 radical (unpaired) electrons. The predicted molar refractivity (Wildman–Crippen MR) is 76.7 cm³/mol. The highest BCUT2D eigenvalue weighted by molar-refractivity contribution is 9.10. The van der Waals surface area contributed by atoms with Gasteiger partial charge in [-0.05, 0) is 46.3 Å². The first kappa shape index (κ1) is 13.9. The number of phenols is 3. The Morgan fingerprint density at radius 3 is 2.16 bits per heavy atom. The Kier molecular flexibility index (Phi) is 3.82. The van der Waals surface area contributed by atoms with Gasteiger partial charge in [-0.1, -0.05) is 15.9 Å². The summed E-state index contributed by atoms with van der Waals surface area (Å²) < 4.78 is 0.972. The van der Waals surface area contributed by atoms with Crippen molar-refractivity contribution in [2.45, 2.75) is 0 Å². The number of ketones is 1. The second-order valence-electron chi connectivity index (χ2n) is 3.81. The van der Waals surface area contributed by atoms with Crippen LogP contribution in [0, 0.1) is 0 Å². The number of hydrogen-bond donors (Lipinski definition) is 3. The SMILES string of the molecule is O=C(c1cc(Br)ccc1O)c1cc(O)c(O)cc1Br. The van der Waals surface area contributed by atoms with Gasteiger partial charge in [0.2, 0.25) is 0 Å². The highest BCUT2D eigenvalue weighted by Gasteiger charge is 2.18. The van der Waals surface area contributed by atoms with Crippen molar-refractivity contribution in [3.8, 4) is 17.2 Å². The van der Waals surface area contributed by atoms with Gasteiger partial charge in [-0.25, -0.2) is 0 Å². The third-order valence-corrected chi connectivity index (χ3v) is 3.66. The molecule has 0 spiro atoms. The minimum Gasteiger partial charge on any atom is -0.507 e. The topological polar surface area (TPSA) is 77.8 Å². The molecule has 0 aliphatic carbocycles. The van der Waals surface area contributed by atoms with E-state index in [1.807, 2.05) is 0 Å². The molecule has 0 bridgehead atoms. The summed E-state index contributed by atoms with van der Waals surface area (Å²) >= 11 is 6.35. The van der Waals surface area contributed by atoms with Gasteiger partial charge in [0.05, 0.1) is 5.56 Å². The van der Waals surface area contributed by atoms with E-state index in [9.17, 15) is 20.1 Å². The average Bonchev–Trinajstić information content (AvgIpc) is 2.36. The van der Waals surface area contributed by atoms with Crippen LogP contribution >= 0.6 is 31.9 Å². The van der Waals surface area contributed by atoms with E-state index in [0.717, 1.165) is 6.07 Å². The molecule has 0 saturated heterocycles. The van der Waals surface area contributed by atoms with Gasteiger partial charge in [-0.2, -0.15) is 0 Å². The average molecular weight is 388 g/mol. The van der Waals surface area contributed by atoms with Gasteiger partial charge >= 0.3 is 0 Å². The monoisotopic (exact) mass is 386 g/mol. The maximum atomic E-state index is 12.3. The van der Waals surface area contributed by atoms with E-state index in [1.54, 1.807) is 6.07 Å².